The first kappa shape index (κ1) is 12.5. The summed E-state index contributed by atoms with van der Waals surface area (Å²) in [4.78, 5) is 29.5. The van der Waals surface area contributed by atoms with Crippen LogP contribution in [0.15, 0.2) is 24.5 Å². The fourth-order valence-corrected chi connectivity index (χ4v) is 2.06. The largest absolute Gasteiger partial charge is 0.342 e. The molecule has 1 fully saturated rings. The van der Waals surface area contributed by atoms with Gasteiger partial charge in [-0.15, -0.1) is 0 Å². The molecule has 1 aromatic heterocycles. The molecule has 5 nitrogen and oxygen atoms in total. The van der Waals surface area contributed by atoms with Gasteiger partial charge in [-0.25, -0.2) is 0 Å². The summed E-state index contributed by atoms with van der Waals surface area (Å²) in [5.41, 5.74) is 0.184. The molecule has 2 amide bonds. The van der Waals surface area contributed by atoms with Gasteiger partial charge in [0.05, 0.1) is 0 Å². The lowest BCUT2D eigenvalue weighted by molar-refractivity contribution is -0.137. The Morgan fingerprint density at radius 1 is 1.33 bits per heavy atom. The van der Waals surface area contributed by atoms with Crippen molar-refractivity contribution in [2.45, 2.75) is 32.4 Å². The zero-order valence-corrected chi connectivity index (χ0v) is 10.6. The van der Waals surface area contributed by atoms with Crippen LogP contribution in [-0.2, 0) is 16.1 Å². The van der Waals surface area contributed by atoms with Crippen molar-refractivity contribution in [2.75, 3.05) is 6.54 Å². The summed E-state index contributed by atoms with van der Waals surface area (Å²) in [5, 5.41) is 2.74. The smallest absolute Gasteiger partial charge is 0.248 e. The number of amides is 2. The second kappa shape index (κ2) is 4.76. The molecule has 1 aromatic rings. The van der Waals surface area contributed by atoms with Gasteiger partial charge >= 0.3 is 0 Å². The third-order valence-electron chi connectivity index (χ3n) is 3.01. The van der Waals surface area contributed by atoms with Gasteiger partial charge in [-0.05, 0) is 31.5 Å². The molecule has 1 saturated heterocycles. The number of pyridine rings is 1. The molecule has 0 aliphatic carbocycles. The van der Waals surface area contributed by atoms with Crippen molar-refractivity contribution >= 4 is 11.8 Å². The summed E-state index contributed by atoms with van der Waals surface area (Å²) in [5.74, 6) is -0.129. The van der Waals surface area contributed by atoms with E-state index in [1.807, 2.05) is 12.1 Å². The molecule has 2 rings (SSSR count). The molecule has 18 heavy (non-hydrogen) atoms. The number of nitrogens with one attached hydrogen (secondary N) is 1. The molecule has 1 aliphatic rings. The van der Waals surface area contributed by atoms with Crippen LogP contribution in [0.3, 0.4) is 0 Å². The third-order valence-corrected chi connectivity index (χ3v) is 3.01. The van der Waals surface area contributed by atoms with Gasteiger partial charge in [0, 0.05) is 31.9 Å². The predicted molar refractivity (Wildman–Crippen MR) is 66.5 cm³/mol. The van der Waals surface area contributed by atoms with Crippen molar-refractivity contribution in [1.82, 2.24) is 15.2 Å². The zero-order valence-electron chi connectivity index (χ0n) is 10.6. The van der Waals surface area contributed by atoms with Crippen LogP contribution in [0.5, 0.6) is 0 Å². The molecular weight excluding hydrogens is 230 g/mol. The van der Waals surface area contributed by atoms with E-state index >= 15 is 0 Å². The van der Waals surface area contributed by atoms with Gasteiger partial charge in [-0.1, -0.05) is 0 Å². The molecule has 96 valence electrons. The average Bonchev–Trinajstić information content (AvgIpc) is 2.42. The maximum atomic E-state index is 12.3. The van der Waals surface area contributed by atoms with Crippen LogP contribution in [-0.4, -0.2) is 33.8 Å². The molecule has 0 unspecified atom stereocenters. The lowest BCUT2D eigenvalue weighted by Gasteiger charge is -2.28. The van der Waals surface area contributed by atoms with Gasteiger partial charge in [0.15, 0.2) is 0 Å². The van der Waals surface area contributed by atoms with E-state index in [0.717, 1.165) is 5.56 Å². The van der Waals surface area contributed by atoms with E-state index in [1.54, 1.807) is 31.1 Å². The SMILES string of the molecule is CC1(C)NC(=O)CCN(Cc2ccncc2)C1=O. The Labute approximate surface area is 106 Å². The first-order chi connectivity index (χ1) is 8.49. The Morgan fingerprint density at radius 3 is 2.67 bits per heavy atom. The van der Waals surface area contributed by atoms with E-state index in [4.69, 9.17) is 0 Å². The minimum absolute atomic E-state index is 0.0508. The van der Waals surface area contributed by atoms with Gasteiger partial charge in [-0.3, -0.25) is 14.6 Å². The van der Waals surface area contributed by atoms with E-state index in [9.17, 15) is 9.59 Å². The summed E-state index contributed by atoms with van der Waals surface area (Å²) < 4.78 is 0. The highest BCUT2D eigenvalue weighted by Crippen LogP contribution is 2.15. The van der Waals surface area contributed by atoms with E-state index < -0.39 is 5.54 Å². The van der Waals surface area contributed by atoms with Crippen molar-refractivity contribution in [3.63, 3.8) is 0 Å². The van der Waals surface area contributed by atoms with E-state index in [1.165, 1.54) is 0 Å². The van der Waals surface area contributed by atoms with Crippen molar-refractivity contribution in [3.05, 3.63) is 30.1 Å². The first-order valence-electron chi connectivity index (χ1n) is 5.98. The summed E-state index contributed by atoms with van der Waals surface area (Å²) in [6, 6.07) is 3.75. The molecule has 1 aliphatic heterocycles. The molecule has 5 heteroatoms. The number of hydrogen-bond donors (Lipinski definition) is 1. The fourth-order valence-electron chi connectivity index (χ4n) is 2.06. The molecular formula is C13H17N3O2. The van der Waals surface area contributed by atoms with Crippen LogP contribution in [0.4, 0.5) is 0 Å². The lowest BCUT2D eigenvalue weighted by Crippen LogP contribution is -2.52. The van der Waals surface area contributed by atoms with Crippen LogP contribution in [0.25, 0.3) is 0 Å². The van der Waals surface area contributed by atoms with Gasteiger partial charge < -0.3 is 10.2 Å². The Bertz CT molecular complexity index is 457. The van der Waals surface area contributed by atoms with E-state index in [2.05, 4.69) is 10.3 Å². The highest BCUT2D eigenvalue weighted by molar-refractivity contribution is 5.92. The van der Waals surface area contributed by atoms with Crippen LogP contribution in [0.1, 0.15) is 25.8 Å². The summed E-state index contributed by atoms with van der Waals surface area (Å²) in [6.07, 6.45) is 3.75. The normalized spacial score (nSPS) is 19.3. The van der Waals surface area contributed by atoms with Crippen LogP contribution in [0, 0.1) is 0 Å². The first-order valence-corrected chi connectivity index (χ1v) is 5.98. The van der Waals surface area contributed by atoms with Crippen LogP contribution >= 0.6 is 0 Å². The van der Waals surface area contributed by atoms with Crippen molar-refractivity contribution < 1.29 is 9.59 Å². The quantitative estimate of drug-likeness (QED) is 0.837. The lowest BCUT2D eigenvalue weighted by atomic mass is 10.0. The van der Waals surface area contributed by atoms with Gasteiger partial charge in [0.25, 0.3) is 0 Å². The highest BCUT2D eigenvalue weighted by atomic mass is 16.2. The molecule has 1 N–H and O–H groups in total. The van der Waals surface area contributed by atoms with Crippen molar-refractivity contribution in [1.29, 1.82) is 0 Å². The van der Waals surface area contributed by atoms with Gasteiger partial charge in [0.1, 0.15) is 5.54 Å². The summed E-state index contributed by atoms with van der Waals surface area (Å²) >= 11 is 0. The van der Waals surface area contributed by atoms with Crippen LogP contribution < -0.4 is 5.32 Å². The number of carbonyl (C=O) groups is 2. The van der Waals surface area contributed by atoms with Crippen molar-refractivity contribution in [2.24, 2.45) is 0 Å². The highest BCUT2D eigenvalue weighted by Gasteiger charge is 2.36. The molecule has 0 atom stereocenters. The number of hydrogen-bond acceptors (Lipinski definition) is 3. The average molecular weight is 247 g/mol. The van der Waals surface area contributed by atoms with E-state index in [0.29, 0.717) is 19.5 Å². The maximum absolute atomic E-state index is 12.3. The molecule has 0 bridgehead atoms. The Balaban J connectivity index is 2.17. The molecule has 0 radical (unpaired) electrons. The number of nitrogens with zero attached hydrogens (tertiary/aromatic N) is 2. The summed E-state index contributed by atoms with van der Waals surface area (Å²) in [6.45, 7) is 4.44. The Kier molecular flexibility index (Phi) is 3.32. The minimum Gasteiger partial charge on any atom is -0.342 e. The maximum Gasteiger partial charge on any atom is 0.248 e. The molecule has 0 spiro atoms. The van der Waals surface area contributed by atoms with Crippen LogP contribution in [0.2, 0.25) is 0 Å². The van der Waals surface area contributed by atoms with Crippen molar-refractivity contribution in [3.8, 4) is 0 Å². The van der Waals surface area contributed by atoms with Gasteiger partial charge in [-0.2, -0.15) is 0 Å². The molecule has 2 heterocycles. The standard InChI is InChI=1S/C13H17N3O2/c1-13(2)12(18)16(8-5-11(17)15-13)9-10-3-6-14-7-4-10/h3-4,6-7H,5,8-9H2,1-2H3,(H,15,17). The Morgan fingerprint density at radius 2 is 2.00 bits per heavy atom. The summed E-state index contributed by atoms with van der Waals surface area (Å²) in [7, 11) is 0. The van der Waals surface area contributed by atoms with E-state index in [-0.39, 0.29) is 11.8 Å². The minimum atomic E-state index is -0.833. The second-order valence-corrected chi connectivity index (χ2v) is 5.01. The monoisotopic (exact) mass is 247 g/mol. The Hall–Kier alpha value is -1.91. The topological polar surface area (TPSA) is 62.3 Å². The number of aromatic nitrogens is 1. The predicted octanol–water partition coefficient (Wildman–Crippen LogP) is 0.709. The third kappa shape index (κ3) is 2.67. The molecule has 0 saturated carbocycles. The fraction of sp³-hybridized carbons (Fsp3) is 0.462. The molecule has 0 aromatic carbocycles. The number of rotatable bonds is 2. The second-order valence-electron chi connectivity index (χ2n) is 5.01. The zero-order chi connectivity index (χ0) is 13.2. The van der Waals surface area contributed by atoms with Gasteiger partial charge in [0.2, 0.25) is 11.8 Å². The number of carbonyl (C=O) groups excluding carboxylic acids is 2.